The van der Waals surface area contributed by atoms with E-state index in [4.69, 9.17) is 0 Å². The van der Waals surface area contributed by atoms with Crippen LogP contribution >= 0.6 is 0 Å². The number of sulfone groups is 1. The molecule has 3 aliphatic rings. The molecule has 106 valence electrons. The minimum absolute atomic E-state index is 0.0295. The lowest BCUT2D eigenvalue weighted by molar-refractivity contribution is -0.116. The van der Waals surface area contributed by atoms with Gasteiger partial charge in [-0.25, -0.2) is 8.42 Å². The van der Waals surface area contributed by atoms with Crippen molar-refractivity contribution in [1.29, 1.82) is 0 Å². The number of hydrogen-bond donors (Lipinski definition) is 1. The number of amides is 1. The molecule has 2 aliphatic carbocycles. The van der Waals surface area contributed by atoms with Crippen molar-refractivity contribution in [2.24, 2.45) is 17.8 Å². The van der Waals surface area contributed by atoms with Crippen molar-refractivity contribution >= 4 is 15.7 Å². The molecule has 0 aromatic rings. The van der Waals surface area contributed by atoms with E-state index in [-0.39, 0.29) is 23.3 Å². The lowest BCUT2D eigenvalue weighted by Gasteiger charge is -2.09. The van der Waals surface area contributed by atoms with Crippen LogP contribution in [0.4, 0.5) is 0 Å². The Morgan fingerprint density at radius 1 is 1.11 bits per heavy atom. The average molecular weight is 283 g/mol. The van der Waals surface area contributed by atoms with Gasteiger partial charge in [-0.3, -0.25) is 4.79 Å². The molecule has 3 rings (SSSR count). The summed E-state index contributed by atoms with van der Waals surface area (Å²) in [5.74, 6) is 1.90. The topological polar surface area (TPSA) is 63.2 Å². The van der Waals surface area contributed by atoms with E-state index in [0.717, 1.165) is 0 Å². The number of carbonyl (C=O) groups excluding carboxylic acids is 1. The highest BCUT2D eigenvalue weighted by Gasteiger charge is 2.36. The summed E-state index contributed by atoms with van der Waals surface area (Å²) >= 11 is 0. The summed E-state index contributed by atoms with van der Waals surface area (Å²) in [5, 5.41) is 2.88. The predicted octanol–water partition coefficient (Wildman–Crippen LogP) is 1.28. The van der Waals surface area contributed by atoms with Gasteiger partial charge in [-0.15, -0.1) is 0 Å². The summed E-state index contributed by atoms with van der Waals surface area (Å²) < 4.78 is 22.7. The van der Waals surface area contributed by atoms with Crippen LogP contribution in [-0.4, -0.2) is 32.4 Å². The van der Waals surface area contributed by atoms with E-state index in [2.05, 4.69) is 5.32 Å². The number of hydrogen-bond acceptors (Lipinski definition) is 3. The maximum atomic E-state index is 11.9. The van der Waals surface area contributed by atoms with E-state index in [9.17, 15) is 13.2 Å². The average Bonchev–Trinajstić information content (AvgIpc) is 3.23. The highest BCUT2D eigenvalue weighted by molar-refractivity contribution is 7.91. The number of carbonyl (C=O) groups is 1. The van der Waals surface area contributed by atoms with Gasteiger partial charge in [0, 0.05) is 12.6 Å². The van der Waals surface area contributed by atoms with Crippen LogP contribution in [-0.2, 0) is 14.6 Å². The van der Waals surface area contributed by atoms with E-state index in [1.54, 1.807) is 6.08 Å². The highest BCUT2D eigenvalue weighted by atomic mass is 32.2. The summed E-state index contributed by atoms with van der Waals surface area (Å²) in [6, 6.07) is 0. The Hall–Kier alpha value is -0.840. The molecule has 2 saturated carbocycles. The van der Waals surface area contributed by atoms with Crippen molar-refractivity contribution in [3.63, 3.8) is 0 Å². The molecule has 1 aliphatic heterocycles. The molecule has 0 unspecified atom stereocenters. The Morgan fingerprint density at radius 3 is 2.21 bits per heavy atom. The minimum Gasteiger partial charge on any atom is -0.352 e. The Kier molecular flexibility index (Phi) is 3.41. The van der Waals surface area contributed by atoms with Gasteiger partial charge in [-0.05, 0) is 49.9 Å². The van der Waals surface area contributed by atoms with Gasteiger partial charge in [0.05, 0.1) is 11.5 Å². The SMILES string of the molecule is O=C(C=C(C1CC1)C1CC1)NC[C@@H]1CCS(=O)(=O)C1. The maximum Gasteiger partial charge on any atom is 0.243 e. The Morgan fingerprint density at radius 2 is 1.74 bits per heavy atom. The summed E-state index contributed by atoms with van der Waals surface area (Å²) in [4.78, 5) is 11.9. The van der Waals surface area contributed by atoms with Crippen LogP contribution in [0, 0.1) is 17.8 Å². The second kappa shape index (κ2) is 4.93. The van der Waals surface area contributed by atoms with Crippen LogP contribution in [0.2, 0.25) is 0 Å². The summed E-state index contributed by atoms with van der Waals surface area (Å²) in [7, 11) is -2.84. The van der Waals surface area contributed by atoms with Gasteiger partial charge in [0.1, 0.15) is 0 Å². The molecule has 3 fully saturated rings. The van der Waals surface area contributed by atoms with Gasteiger partial charge in [0.25, 0.3) is 0 Å². The first-order chi connectivity index (χ1) is 9.03. The fraction of sp³-hybridized carbons (Fsp3) is 0.786. The maximum absolute atomic E-state index is 11.9. The van der Waals surface area contributed by atoms with Gasteiger partial charge in [-0.1, -0.05) is 5.57 Å². The van der Waals surface area contributed by atoms with Crippen molar-refractivity contribution < 1.29 is 13.2 Å². The van der Waals surface area contributed by atoms with Gasteiger partial charge in [0.15, 0.2) is 9.84 Å². The van der Waals surface area contributed by atoms with E-state index >= 15 is 0 Å². The number of allylic oxidation sites excluding steroid dienone is 1. The van der Waals surface area contributed by atoms with Crippen LogP contribution in [0.1, 0.15) is 32.1 Å². The lowest BCUT2D eigenvalue weighted by atomic mass is 10.1. The van der Waals surface area contributed by atoms with Crippen LogP contribution in [0.25, 0.3) is 0 Å². The second-order valence-corrected chi connectivity index (χ2v) is 8.44. The molecule has 1 atom stereocenters. The number of rotatable bonds is 5. The smallest absolute Gasteiger partial charge is 0.243 e. The van der Waals surface area contributed by atoms with Crippen molar-refractivity contribution in [3.05, 3.63) is 11.6 Å². The molecule has 1 heterocycles. The third-order valence-corrected chi connectivity index (χ3v) is 6.12. The standard InChI is InChI=1S/C14H21NO3S/c16-14(7-13(11-1-2-11)12-3-4-12)15-8-10-5-6-19(17,18)9-10/h7,10-12H,1-6,8-9H2,(H,15,16)/t10-/m0/s1. The molecule has 19 heavy (non-hydrogen) atoms. The van der Waals surface area contributed by atoms with Crippen molar-refractivity contribution in [2.75, 3.05) is 18.1 Å². The third kappa shape index (κ3) is 3.59. The summed E-state index contributed by atoms with van der Waals surface area (Å²) in [6.45, 7) is 0.497. The van der Waals surface area contributed by atoms with E-state index in [0.29, 0.717) is 24.8 Å². The first kappa shape index (κ1) is 13.2. The fourth-order valence-electron chi connectivity index (χ4n) is 2.88. The molecule has 0 aromatic heterocycles. The number of nitrogens with one attached hydrogen (secondary N) is 1. The molecule has 0 radical (unpaired) electrons. The molecule has 1 amide bonds. The Balaban J connectivity index is 1.50. The Bertz CT molecular complexity index is 487. The van der Waals surface area contributed by atoms with Crippen LogP contribution < -0.4 is 5.32 Å². The first-order valence-corrected chi connectivity index (χ1v) is 9.05. The molecule has 5 heteroatoms. The molecular formula is C14H21NO3S. The molecule has 0 bridgehead atoms. The van der Waals surface area contributed by atoms with Gasteiger partial charge < -0.3 is 5.32 Å². The second-order valence-electron chi connectivity index (χ2n) is 6.21. The van der Waals surface area contributed by atoms with E-state index in [1.165, 1.54) is 31.3 Å². The Labute approximate surface area is 114 Å². The normalized spacial score (nSPS) is 28.9. The quantitative estimate of drug-likeness (QED) is 0.773. The molecular weight excluding hydrogens is 262 g/mol. The predicted molar refractivity (Wildman–Crippen MR) is 73.3 cm³/mol. The van der Waals surface area contributed by atoms with Crippen LogP contribution in [0.3, 0.4) is 0 Å². The zero-order valence-electron chi connectivity index (χ0n) is 11.1. The molecule has 1 N–H and O–H groups in total. The largest absolute Gasteiger partial charge is 0.352 e. The van der Waals surface area contributed by atoms with Gasteiger partial charge in [0.2, 0.25) is 5.91 Å². The van der Waals surface area contributed by atoms with Crippen LogP contribution in [0.15, 0.2) is 11.6 Å². The van der Waals surface area contributed by atoms with Crippen LogP contribution in [0.5, 0.6) is 0 Å². The molecule has 4 nitrogen and oxygen atoms in total. The van der Waals surface area contributed by atoms with E-state index in [1.807, 2.05) is 0 Å². The zero-order valence-corrected chi connectivity index (χ0v) is 11.9. The fourth-order valence-corrected chi connectivity index (χ4v) is 4.74. The zero-order chi connectivity index (χ0) is 13.5. The highest BCUT2D eigenvalue weighted by Crippen LogP contribution is 2.48. The first-order valence-electron chi connectivity index (χ1n) is 7.23. The third-order valence-electron chi connectivity index (χ3n) is 4.29. The minimum atomic E-state index is -2.84. The van der Waals surface area contributed by atoms with E-state index < -0.39 is 9.84 Å². The monoisotopic (exact) mass is 283 g/mol. The summed E-state index contributed by atoms with van der Waals surface area (Å²) in [5.41, 5.74) is 1.34. The van der Waals surface area contributed by atoms with Crippen molar-refractivity contribution in [2.45, 2.75) is 32.1 Å². The molecule has 0 aromatic carbocycles. The van der Waals surface area contributed by atoms with Gasteiger partial charge in [-0.2, -0.15) is 0 Å². The van der Waals surface area contributed by atoms with Crippen molar-refractivity contribution in [3.8, 4) is 0 Å². The van der Waals surface area contributed by atoms with Gasteiger partial charge >= 0.3 is 0 Å². The molecule has 0 spiro atoms. The lowest BCUT2D eigenvalue weighted by Crippen LogP contribution is -2.28. The molecule has 1 saturated heterocycles. The van der Waals surface area contributed by atoms with Crippen molar-refractivity contribution in [1.82, 2.24) is 5.32 Å². The summed E-state index contributed by atoms with van der Waals surface area (Å²) in [6.07, 6.45) is 7.41.